The van der Waals surface area contributed by atoms with Gasteiger partial charge in [0.1, 0.15) is 5.75 Å². The van der Waals surface area contributed by atoms with Gasteiger partial charge < -0.3 is 9.47 Å². The third-order valence-electron chi connectivity index (χ3n) is 3.09. The van der Waals surface area contributed by atoms with E-state index in [1.165, 1.54) is 37.7 Å². The molecular weight excluding hydrogens is 341 g/mol. The molecule has 10 heteroatoms. The first-order chi connectivity index (χ1) is 11.8. The third-order valence-corrected chi connectivity index (χ3v) is 3.09. The number of nitrogens with zero attached hydrogens (tertiary/aromatic N) is 2. The van der Waals surface area contributed by atoms with Crippen molar-refractivity contribution in [2.45, 2.75) is 19.4 Å². The van der Waals surface area contributed by atoms with E-state index in [1.54, 1.807) is 0 Å². The number of nitrogens with one attached hydrogen (secondary N) is 1. The number of alkyl halides is 3. The Balaban J connectivity index is 2.29. The van der Waals surface area contributed by atoms with Crippen LogP contribution < -0.4 is 16.0 Å². The fourth-order valence-corrected chi connectivity index (χ4v) is 2.09. The molecule has 25 heavy (non-hydrogen) atoms. The first kappa shape index (κ1) is 18.6. The van der Waals surface area contributed by atoms with Crippen LogP contribution in [0.2, 0.25) is 0 Å². The van der Waals surface area contributed by atoms with Crippen molar-refractivity contribution in [3.8, 4) is 17.0 Å². The van der Waals surface area contributed by atoms with Gasteiger partial charge in [-0.3, -0.25) is 20.2 Å². The molecule has 0 aliphatic rings. The summed E-state index contributed by atoms with van der Waals surface area (Å²) in [7, 11) is 1.42. The molecule has 0 aliphatic heterocycles. The lowest BCUT2D eigenvalue weighted by Crippen LogP contribution is -2.31. The number of hydrogen-bond donors (Lipinski definition) is 2. The van der Waals surface area contributed by atoms with E-state index in [9.17, 15) is 18.0 Å². The second kappa shape index (κ2) is 7.90. The molecule has 2 aromatic rings. The van der Waals surface area contributed by atoms with Gasteiger partial charge in [0.2, 0.25) is 5.91 Å². The zero-order chi connectivity index (χ0) is 18.4. The van der Waals surface area contributed by atoms with Crippen LogP contribution >= 0.6 is 0 Å². The van der Waals surface area contributed by atoms with Crippen LogP contribution in [0.25, 0.3) is 11.3 Å². The van der Waals surface area contributed by atoms with E-state index in [1.807, 2.05) is 5.43 Å². The number of methoxy groups -OCH3 is 1. The van der Waals surface area contributed by atoms with Gasteiger partial charge in [-0.05, 0) is 23.8 Å². The van der Waals surface area contributed by atoms with Crippen molar-refractivity contribution in [2.24, 2.45) is 5.84 Å². The number of hydrazine groups is 1. The standard InChI is InChI=1S/C15H15F3N4O3/c1-24-8-9-4-11(25-15(16,17)18)2-3-12(9)13-7-20-10(6-21-13)5-14(23)22-19/h2-4,6-7H,5,8,19H2,1H3,(H,22,23). The van der Waals surface area contributed by atoms with Crippen molar-refractivity contribution in [3.05, 3.63) is 41.9 Å². The molecule has 0 aliphatic carbocycles. The van der Waals surface area contributed by atoms with Gasteiger partial charge in [0.05, 0.1) is 30.6 Å². The zero-order valence-corrected chi connectivity index (χ0v) is 13.1. The maximum Gasteiger partial charge on any atom is 0.573 e. The Morgan fingerprint density at radius 1 is 1.28 bits per heavy atom. The molecular formula is C15H15F3N4O3. The number of aromatic nitrogens is 2. The molecule has 0 radical (unpaired) electrons. The molecule has 0 saturated carbocycles. The number of hydrogen-bond acceptors (Lipinski definition) is 6. The van der Waals surface area contributed by atoms with Crippen LogP contribution in [0, 0.1) is 0 Å². The molecule has 0 bridgehead atoms. The van der Waals surface area contributed by atoms with Gasteiger partial charge in [-0.15, -0.1) is 13.2 Å². The molecule has 0 fully saturated rings. The van der Waals surface area contributed by atoms with Crippen LogP contribution in [0.15, 0.2) is 30.6 Å². The fourth-order valence-electron chi connectivity index (χ4n) is 2.09. The van der Waals surface area contributed by atoms with Crippen molar-refractivity contribution >= 4 is 5.91 Å². The highest BCUT2D eigenvalue weighted by Crippen LogP contribution is 2.29. The van der Waals surface area contributed by atoms with E-state index >= 15 is 0 Å². The lowest BCUT2D eigenvalue weighted by Gasteiger charge is -2.13. The quantitative estimate of drug-likeness (QED) is 0.464. The number of carbonyl (C=O) groups excluding carboxylic acids is 1. The smallest absolute Gasteiger partial charge is 0.406 e. The van der Waals surface area contributed by atoms with Gasteiger partial charge in [0.15, 0.2) is 0 Å². The van der Waals surface area contributed by atoms with Gasteiger partial charge in [-0.25, -0.2) is 5.84 Å². The number of amides is 1. The Morgan fingerprint density at radius 2 is 2.04 bits per heavy atom. The lowest BCUT2D eigenvalue weighted by molar-refractivity contribution is -0.274. The van der Waals surface area contributed by atoms with Crippen LogP contribution in [-0.4, -0.2) is 29.3 Å². The van der Waals surface area contributed by atoms with Gasteiger partial charge in [-0.1, -0.05) is 0 Å². The summed E-state index contributed by atoms with van der Waals surface area (Å²) in [5.74, 6) is 4.22. The Kier molecular flexibility index (Phi) is 5.88. The minimum Gasteiger partial charge on any atom is -0.406 e. The Morgan fingerprint density at radius 3 is 2.60 bits per heavy atom. The summed E-state index contributed by atoms with van der Waals surface area (Å²) in [6.07, 6.45) is -2.01. The normalized spacial score (nSPS) is 11.2. The summed E-state index contributed by atoms with van der Waals surface area (Å²) in [5, 5.41) is 0. The monoisotopic (exact) mass is 356 g/mol. The Bertz CT molecular complexity index is 736. The van der Waals surface area contributed by atoms with Crippen LogP contribution in [0.4, 0.5) is 13.2 Å². The van der Waals surface area contributed by atoms with Gasteiger partial charge in [0, 0.05) is 18.9 Å². The lowest BCUT2D eigenvalue weighted by atomic mass is 10.0. The maximum absolute atomic E-state index is 12.3. The second-order valence-electron chi connectivity index (χ2n) is 4.94. The number of rotatable bonds is 6. The molecule has 1 aromatic heterocycles. The Hall–Kier alpha value is -2.72. The third kappa shape index (κ3) is 5.40. The largest absolute Gasteiger partial charge is 0.573 e. The summed E-state index contributed by atoms with van der Waals surface area (Å²) in [6, 6.07) is 3.84. The zero-order valence-electron chi connectivity index (χ0n) is 13.1. The summed E-state index contributed by atoms with van der Waals surface area (Å²) >= 11 is 0. The molecule has 7 nitrogen and oxygen atoms in total. The topological polar surface area (TPSA) is 99.4 Å². The number of ether oxygens (including phenoxy) is 2. The van der Waals surface area contributed by atoms with Gasteiger partial charge >= 0.3 is 6.36 Å². The van der Waals surface area contributed by atoms with E-state index in [0.29, 0.717) is 22.5 Å². The highest BCUT2D eigenvalue weighted by atomic mass is 19.4. The molecule has 1 aromatic carbocycles. The fraction of sp³-hybridized carbons (Fsp3) is 0.267. The molecule has 134 valence electrons. The highest BCUT2D eigenvalue weighted by Gasteiger charge is 2.31. The number of carbonyl (C=O) groups is 1. The summed E-state index contributed by atoms with van der Waals surface area (Å²) in [5.41, 5.74) is 3.79. The van der Waals surface area contributed by atoms with Crippen molar-refractivity contribution in [1.29, 1.82) is 0 Å². The predicted octanol–water partition coefficient (Wildman–Crippen LogP) is 1.72. The first-order valence-corrected chi connectivity index (χ1v) is 7.00. The van der Waals surface area contributed by atoms with E-state index in [4.69, 9.17) is 10.6 Å². The van der Waals surface area contributed by atoms with Crippen molar-refractivity contribution in [3.63, 3.8) is 0 Å². The van der Waals surface area contributed by atoms with Crippen LogP contribution in [0.5, 0.6) is 5.75 Å². The molecule has 3 N–H and O–H groups in total. The Labute approximate surface area is 140 Å². The van der Waals surface area contributed by atoms with E-state index in [0.717, 1.165) is 0 Å². The van der Waals surface area contributed by atoms with Crippen molar-refractivity contribution < 1.29 is 27.4 Å². The number of nitrogens with two attached hydrogens (primary N) is 1. The number of benzene rings is 1. The first-order valence-electron chi connectivity index (χ1n) is 7.00. The minimum atomic E-state index is -4.78. The average Bonchev–Trinajstić information content (AvgIpc) is 2.55. The van der Waals surface area contributed by atoms with Crippen molar-refractivity contribution in [2.75, 3.05) is 7.11 Å². The van der Waals surface area contributed by atoms with Crippen LogP contribution in [0.1, 0.15) is 11.3 Å². The SMILES string of the molecule is COCc1cc(OC(F)(F)F)ccc1-c1cnc(CC(=O)NN)cn1. The summed E-state index contributed by atoms with van der Waals surface area (Å²) in [6.45, 7) is 0.0589. The number of halogens is 3. The molecule has 0 spiro atoms. The molecule has 0 unspecified atom stereocenters. The minimum absolute atomic E-state index is 0.0347. The maximum atomic E-state index is 12.3. The molecule has 1 amide bonds. The summed E-state index contributed by atoms with van der Waals surface area (Å²) in [4.78, 5) is 19.5. The summed E-state index contributed by atoms with van der Waals surface area (Å²) < 4.78 is 45.9. The van der Waals surface area contributed by atoms with E-state index < -0.39 is 12.3 Å². The average molecular weight is 356 g/mol. The van der Waals surface area contributed by atoms with E-state index in [2.05, 4.69) is 14.7 Å². The van der Waals surface area contributed by atoms with Gasteiger partial charge in [0.25, 0.3) is 0 Å². The molecule has 0 saturated heterocycles. The highest BCUT2D eigenvalue weighted by molar-refractivity contribution is 5.77. The predicted molar refractivity (Wildman–Crippen MR) is 80.9 cm³/mol. The van der Waals surface area contributed by atoms with Crippen molar-refractivity contribution in [1.82, 2.24) is 15.4 Å². The van der Waals surface area contributed by atoms with Gasteiger partial charge in [-0.2, -0.15) is 0 Å². The molecule has 1 heterocycles. The van der Waals surface area contributed by atoms with E-state index in [-0.39, 0.29) is 18.8 Å². The van der Waals surface area contributed by atoms with Crippen LogP contribution in [0.3, 0.4) is 0 Å². The van der Waals surface area contributed by atoms with Crippen LogP contribution in [-0.2, 0) is 22.6 Å². The molecule has 0 atom stereocenters. The molecule has 2 rings (SSSR count). The second-order valence-corrected chi connectivity index (χ2v) is 4.94.